The second kappa shape index (κ2) is 7.66. The first-order chi connectivity index (χ1) is 14.3. The highest BCUT2D eigenvalue weighted by molar-refractivity contribution is 6.02. The van der Waals surface area contributed by atoms with Gasteiger partial charge in [0.2, 0.25) is 0 Å². The van der Waals surface area contributed by atoms with Crippen LogP contribution in [-0.2, 0) is 11.5 Å². The van der Waals surface area contributed by atoms with Crippen molar-refractivity contribution >= 4 is 17.5 Å². The molecule has 4 rings (SSSR count). The zero-order valence-corrected chi connectivity index (χ0v) is 17.4. The van der Waals surface area contributed by atoms with Gasteiger partial charge in [0.1, 0.15) is 25.1 Å². The molecule has 3 aromatic rings. The number of para-hydroxylation sites is 2. The van der Waals surface area contributed by atoms with E-state index in [-0.39, 0.29) is 18.2 Å². The minimum Gasteiger partial charge on any atom is -0.489 e. The van der Waals surface area contributed by atoms with Gasteiger partial charge in [0.25, 0.3) is 11.8 Å². The van der Waals surface area contributed by atoms with Gasteiger partial charge < -0.3 is 15.0 Å². The highest BCUT2D eigenvalue weighted by Crippen LogP contribution is 2.29. The van der Waals surface area contributed by atoms with Gasteiger partial charge in [-0.15, -0.1) is 0 Å². The van der Waals surface area contributed by atoms with Crippen LogP contribution in [0.2, 0.25) is 0 Å². The Morgan fingerprint density at radius 2 is 1.83 bits per heavy atom. The van der Waals surface area contributed by atoms with Crippen molar-refractivity contribution in [1.29, 1.82) is 0 Å². The zero-order chi connectivity index (χ0) is 21.4. The summed E-state index contributed by atoms with van der Waals surface area (Å²) < 4.78 is 9.28. The molecule has 0 radical (unpaired) electrons. The van der Waals surface area contributed by atoms with Crippen molar-refractivity contribution in [2.75, 3.05) is 18.6 Å². The number of hydrogen-bond acceptors (Lipinski definition) is 5. The third-order valence-corrected chi connectivity index (χ3v) is 5.15. The van der Waals surface area contributed by atoms with E-state index in [2.05, 4.69) is 15.5 Å². The Balaban J connectivity index is 1.49. The van der Waals surface area contributed by atoms with Gasteiger partial charge in [0, 0.05) is 18.4 Å². The summed E-state index contributed by atoms with van der Waals surface area (Å²) in [5.74, 6) is -0.0614. The number of hydrogen-bond donors (Lipinski definition) is 1. The predicted octanol–water partition coefficient (Wildman–Crippen LogP) is 1.66. The Morgan fingerprint density at radius 1 is 1.13 bits per heavy atom. The van der Waals surface area contributed by atoms with Crippen molar-refractivity contribution in [1.82, 2.24) is 24.9 Å². The molecule has 9 heteroatoms. The largest absolute Gasteiger partial charge is 0.489 e. The van der Waals surface area contributed by atoms with Crippen molar-refractivity contribution in [3.05, 3.63) is 59.2 Å². The van der Waals surface area contributed by atoms with Crippen LogP contribution in [0.15, 0.2) is 36.4 Å². The van der Waals surface area contributed by atoms with Gasteiger partial charge in [-0.1, -0.05) is 12.1 Å². The summed E-state index contributed by atoms with van der Waals surface area (Å²) in [5.41, 5.74) is 3.67. The van der Waals surface area contributed by atoms with Gasteiger partial charge in [-0.3, -0.25) is 9.59 Å². The number of nitrogens with one attached hydrogen (secondary N) is 1. The van der Waals surface area contributed by atoms with Crippen molar-refractivity contribution in [2.45, 2.75) is 33.5 Å². The van der Waals surface area contributed by atoms with E-state index < -0.39 is 11.9 Å². The van der Waals surface area contributed by atoms with Gasteiger partial charge in [0.15, 0.2) is 5.69 Å². The molecule has 1 aromatic carbocycles. The first-order valence-corrected chi connectivity index (χ1v) is 9.69. The molecular formula is C21H24N6O3. The average Bonchev–Trinajstić information content (AvgIpc) is 3.21. The molecule has 3 heterocycles. The number of carbonyl (C=O) groups is 2. The maximum Gasteiger partial charge on any atom is 0.272 e. The second-order valence-corrected chi connectivity index (χ2v) is 7.44. The van der Waals surface area contributed by atoms with E-state index in [1.165, 1.54) is 4.90 Å². The Bertz CT molecular complexity index is 1120. The summed E-state index contributed by atoms with van der Waals surface area (Å²) in [4.78, 5) is 27.1. The van der Waals surface area contributed by atoms with E-state index in [1.54, 1.807) is 29.9 Å². The second-order valence-electron chi connectivity index (χ2n) is 7.44. The minimum atomic E-state index is -0.809. The highest BCUT2D eigenvalue weighted by Gasteiger charge is 2.31. The van der Waals surface area contributed by atoms with Gasteiger partial charge in [-0.25, -0.2) is 9.36 Å². The molecule has 1 atom stereocenters. The van der Waals surface area contributed by atoms with Crippen LogP contribution in [0.4, 0.5) is 5.69 Å². The maximum atomic E-state index is 12.8. The average molecular weight is 408 g/mol. The van der Waals surface area contributed by atoms with Crippen LogP contribution in [0.5, 0.6) is 5.75 Å². The molecule has 2 amide bonds. The Hall–Kier alpha value is -3.62. The van der Waals surface area contributed by atoms with Crippen molar-refractivity contribution in [3.8, 4) is 5.75 Å². The molecule has 1 aliphatic rings. The van der Waals surface area contributed by atoms with Crippen LogP contribution in [0.25, 0.3) is 0 Å². The molecule has 2 aromatic heterocycles. The molecule has 0 aliphatic carbocycles. The topological polar surface area (TPSA) is 94.3 Å². The summed E-state index contributed by atoms with van der Waals surface area (Å²) in [6.07, 6.45) is 0. The first-order valence-electron chi connectivity index (χ1n) is 9.69. The lowest BCUT2D eigenvalue weighted by Gasteiger charge is -2.20. The van der Waals surface area contributed by atoms with Crippen LogP contribution in [0.3, 0.4) is 0 Å². The number of aryl methyl sites for hydroxylation is 3. The van der Waals surface area contributed by atoms with E-state index in [0.717, 1.165) is 17.1 Å². The van der Waals surface area contributed by atoms with Crippen LogP contribution in [-0.4, -0.2) is 51.1 Å². The number of aromatic nitrogens is 4. The standard InChI is InChI=1S/C21H24N6O3/c1-13-9-14(2)26(23-13)12-27-15(3)10-16(24-27)20(28)22-17-11-30-19-8-6-5-7-18(19)25(4)21(17)29/h5-10,17H,11-12H2,1-4H3,(H,22,28)/t17-/m0/s1. The quantitative estimate of drug-likeness (QED) is 0.709. The lowest BCUT2D eigenvalue weighted by molar-refractivity contribution is -0.120. The molecule has 0 fully saturated rings. The molecule has 0 unspecified atom stereocenters. The molecule has 0 spiro atoms. The number of fused-ring (bicyclic) bond motifs is 1. The first kappa shape index (κ1) is 19.7. The van der Waals surface area contributed by atoms with E-state index in [0.29, 0.717) is 18.1 Å². The number of ether oxygens (including phenoxy) is 1. The number of nitrogens with zero attached hydrogens (tertiary/aromatic N) is 5. The fraction of sp³-hybridized carbons (Fsp3) is 0.333. The van der Waals surface area contributed by atoms with E-state index in [1.807, 2.05) is 43.7 Å². The number of likely N-dealkylation sites (N-methyl/N-ethyl adjacent to an activating group) is 1. The van der Waals surface area contributed by atoms with Crippen LogP contribution in [0, 0.1) is 20.8 Å². The summed E-state index contributed by atoms with van der Waals surface area (Å²) in [6.45, 7) is 6.23. The summed E-state index contributed by atoms with van der Waals surface area (Å²) in [6, 6.07) is 10.2. The fourth-order valence-corrected chi connectivity index (χ4v) is 3.50. The lowest BCUT2D eigenvalue weighted by atomic mass is 10.2. The van der Waals surface area contributed by atoms with Crippen LogP contribution >= 0.6 is 0 Å². The maximum absolute atomic E-state index is 12.8. The minimum absolute atomic E-state index is 0.0530. The van der Waals surface area contributed by atoms with Gasteiger partial charge in [-0.05, 0) is 45.0 Å². The van der Waals surface area contributed by atoms with Crippen LogP contribution < -0.4 is 15.0 Å². The summed E-state index contributed by atoms with van der Waals surface area (Å²) in [7, 11) is 1.67. The summed E-state index contributed by atoms with van der Waals surface area (Å²) in [5, 5.41) is 11.6. The van der Waals surface area contributed by atoms with Gasteiger partial charge in [0.05, 0.1) is 11.4 Å². The SMILES string of the molecule is Cc1cc(C)n(Cn2nc(C(=O)N[C@H]3COc4ccccc4N(C)C3=O)cc2C)n1. The Labute approximate surface area is 174 Å². The number of benzene rings is 1. The van der Waals surface area contributed by atoms with Gasteiger partial charge in [-0.2, -0.15) is 10.2 Å². The molecule has 0 saturated heterocycles. The zero-order valence-electron chi connectivity index (χ0n) is 17.4. The molecule has 156 valence electrons. The van der Waals surface area contributed by atoms with E-state index >= 15 is 0 Å². The summed E-state index contributed by atoms with van der Waals surface area (Å²) >= 11 is 0. The van der Waals surface area contributed by atoms with E-state index in [4.69, 9.17) is 4.74 Å². The van der Waals surface area contributed by atoms with Crippen LogP contribution in [0.1, 0.15) is 27.6 Å². The molecule has 0 bridgehead atoms. The molecule has 1 aliphatic heterocycles. The monoisotopic (exact) mass is 408 g/mol. The molecule has 9 nitrogen and oxygen atoms in total. The Kier molecular flexibility index (Phi) is 5.03. The van der Waals surface area contributed by atoms with Gasteiger partial charge >= 0.3 is 0 Å². The molecule has 30 heavy (non-hydrogen) atoms. The fourth-order valence-electron chi connectivity index (χ4n) is 3.50. The predicted molar refractivity (Wildman–Crippen MR) is 111 cm³/mol. The third-order valence-electron chi connectivity index (χ3n) is 5.15. The van der Waals surface area contributed by atoms with Crippen molar-refractivity contribution < 1.29 is 14.3 Å². The van der Waals surface area contributed by atoms with Crippen molar-refractivity contribution in [2.24, 2.45) is 0 Å². The molecule has 1 N–H and O–H groups in total. The molecule has 0 saturated carbocycles. The smallest absolute Gasteiger partial charge is 0.272 e. The number of amides is 2. The third kappa shape index (κ3) is 3.66. The Morgan fingerprint density at radius 3 is 2.57 bits per heavy atom. The molecular weight excluding hydrogens is 384 g/mol. The lowest BCUT2D eigenvalue weighted by Crippen LogP contribution is -2.49. The number of anilines is 1. The normalized spacial score (nSPS) is 16.1. The number of rotatable bonds is 4. The van der Waals surface area contributed by atoms with E-state index in [9.17, 15) is 9.59 Å². The number of carbonyl (C=O) groups excluding carboxylic acids is 2. The van der Waals surface area contributed by atoms with Crippen molar-refractivity contribution in [3.63, 3.8) is 0 Å². The highest BCUT2D eigenvalue weighted by atomic mass is 16.5.